The molecule has 0 aliphatic carbocycles. The Morgan fingerprint density at radius 3 is 2.53 bits per heavy atom. The molecule has 1 N–H and O–H groups in total. The van der Waals surface area contributed by atoms with Gasteiger partial charge in [0.1, 0.15) is 16.9 Å². The second-order valence-electron chi connectivity index (χ2n) is 8.87. The normalized spacial score (nSPS) is 17.5. The number of hydrogen-bond donors (Lipinski definition) is 1. The summed E-state index contributed by atoms with van der Waals surface area (Å²) in [5.74, 6) is -0.394. The van der Waals surface area contributed by atoms with Crippen LogP contribution >= 0.6 is 11.3 Å². The average molecular weight is 471 g/mol. The Labute approximate surface area is 202 Å². The molecule has 34 heavy (non-hydrogen) atoms. The van der Waals surface area contributed by atoms with Gasteiger partial charge in [-0.3, -0.25) is 14.3 Å². The van der Waals surface area contributed by atoms with Gasteiger partial charge in [0.15, 0.2) is 0 Å². The maximum absolute atomic E-state index is 13.7. The van der Waals surface area contributed by atoms with Gasteiger partial charge in [0.2, 0.25) is 5.91 Å². The third-order valence-corrected chi connectivity index (χ3v) is 7.21. The number of benzene rings is 2. The number of aryl methyl sites for hydroxylation is 1. The maximum atomic E-state index is 13.7. The molecule has 172 valence electrons. The zero-order valence-electron chi connectivity index (χ0n) is 19.2. The summed E-state index contributed by atoms with van der Waals surface area (Å²) < 4.78 is 1.68. The lowest BCUT2D eigenvalue weighted by atomic mass is 9.94. The van der Waals surface area contributed by atoms with Crippen LogP contribution in [-0.2, 0) is 24.4 Å². The molecule has 3 heterocycles. The van der Waals surface area contributed by atoms with Gasteiger partial charge in [0.05, 0.1) is 11.4 Å². The van der Waals surface area contributed by atoms with Crippen molar-refractivity contribution < 1.29 is 9.59 Å². The van der Waals surface area contributed by atoms with Crippen LogP contribution in [-0.4, -0.2) is 32.0 Å². The van der Waals surface area contributed by atoms with Crippen molar-refractivity contribution in [2.75, 3.05) is 0 Å². The topological polar surface area (TPSA) is 67.2 Å². The first-order valence-corrected chi connectivity index (χ1v) is 12.1. The number of hydrogen-bond acceptors (Lipinski definition) is 4. The van der Waals surface area contributed by atoms with Crippen LogP contribution in [0.25, 0.3) is 10.6 Å². The van der Waals surface area contributed by atoms with E-state index >= 15 is 0 Å². The van der Waals surface area contributed by atoms with E-state index in [1.165, 1.54) is 5.56 Å². The van der Waals surface area contributed by atoms with Gasteiger partial charge in [-0.2, -0.15) is 5.10 Å². The highest BCUT2D eigenvalue weighted by Crippen LogP contribution is 2.32. The van der Waals surface area contributed by atoms with Crippen molar-refractivity contribution >= 4 is 23.2 Å². The molecule has 4 aromatic rings. The Balaban J connectivity index is 1.47. The quantitative estimate of drug-likeness (QED) is 0.446. The van der Waals surface area contributed by atoms with Gasteiger partial charge in [-0.15, -0.1) is 11.3 Å². The van der Waals surface area contributed by atoms with Gasteiger partial charge in [0.25, 0.3) is 5.91 Å². The van der Waals surface area contributed by atoms with Crippen molar-refractivity contribution in [3.05, 3.63) is 101 Å². The molecule has 6 nitrogen and oxygen atoms in total. The van der Waals surface area contributed by atoms with Crippen molar-refractivity contribution in [1.82, 2.24) is 20.0 Å². The fraction of sp³-hybridized carbons (Fsp3) is 0.222. The molecule has 2 amide bonds. The average Bonchev–Trinajstić information content (AvgIpc) is 3.52. The molecule has 1 aliphatic rings. The third-order valence-electron chi connectivity index (χ3n) is 6.32. The first-order chi connectivity index (χ1) is 16.4. The lowest BCUT2D eigenvalue weighted by Gasteiger charge is -2.43. The Kier molecular flexibility index (Phi) is 5.79. The van der Waals surface area contributed by atoms with Gasteiger partial charge in [-0.25, -0.2) is 0 Å². The molecule has 0 radical (unpaired) electrons. The summed E-state index contributed by atoms with van der Waals surface area (Å²) >= 11 is 1.58. The zero-order chi connectivity index (χ0) is 23.7. The Morgan fingerprint density at radius 2 is 1.82 bits per heavy atom. The number of rotatable bonds is 6. The second kappa shape index (κ2) is 8.91. The molecule has 1 unspecified atom stereocenters. The number of fused-ring (bicyclic) bond motifs is 1. The van der Waals surface area contributed by atoms with Crippen LogP contribution in [0.5, 0.6) is 0 Å². The maximum Gasteiger partial charge on any atom is 0.273 e. The minimum absolute atomic E-state index is 0.196. The van der Waals surface area contributed by atoms with Gasteiger partial charge >= 0.3 is 0 Å². The van der Waals surface area contributed by atoms with Crippen LogP contribution in [0.4, 0.5) is 0 Å². The molecule has 0 fully saturated rings. The standard InChI is InChI=1S/C27H26N4O2S/c1-19-10-12-20(13-11-19)16-28-26(33)27(2)18-31-23(15-22(29-31)24-9-6-14-34-24)25(32)30(27)17-21-7-4-3-5-8-21/h3-15H,16-18H2,1-2H3,(H,28,33). The van der Waals surface area contributed by atoms with Crippen molar-refractivity contribution in [3.8, 4) is 10.6 Å². The van der Waals surface area contributed by atoms with Crippen molar-refractivity contribution in [3.63, 3.8) is 0 Å². The van der Waals surface area contributed by atoms with E-state index in [1.807, 2.05) is 92.0 Å². The molecule has 0 saturated heterocycles. The Bertz CT molecular complexity index is 1310. The number of nitrogens with zero attached hydrogens (tertiary/aromatic N) is 3. The van der Waals surface area contributed by atoms with Gasteiger partial charge in [-0.1, -0.05) is 66.2 Å². The minimum atomic E-state index is -1.09. The summed E-state index contributed by atoms with van der Waals surface area (Å²) in [7, 11) is 0. The highest BCUT2D eigenvalue weighted by atomic mass is 32.1. The molecule has 2 aromatic heterocycles. The second-order valence-corrected chi connectivity index (χ2v) is 9.82. The van der Waals surface area contributed by atoms with E-state index in [9.17, 15) is 9.59 Å². The molecule has 0 saturated carbocycles. The summed E-state index contributed by atoms with van der Waals surface area (Å²) in [5.41, 5.74) is 3.31. The van der Waals surface area contributed by atoms with Crippen LogP contribution in [0.15, 0.2) is 78.2 Å². The van der Waals surface area contributed by atoms with E-state index < -0.39 is 5.54 Å². The monoisotopic (exact) mass is 470 g/mol. The van der Waals surface area contributed by atoms with E-state index in [0.29, 0.717) is 18.8 Å². The predicted octanol–water partition coefficient (Wildman–Crippen LogP) is 4.65. The number of carbonyl (C=O) groups excluding carboxylic acids is 2. The fourth-order valence-electron chi connectivity index (χ4n) is 4.28. The molecule has 0 bridgehead atoms. The minimum Gasteiger partial charge on any atom is -0.350 e. The lowest BCUT2D eigenvalue weighted by Crippen LogP contribution is -2.63. The molecular formula is C27H26N4O2S. The largest absolute Gasteiger partial charge is 0.350 e. The number of amides is 2. The van der Waals surface area contributed by atoms with Crippen molar-refractivity contribution in [2.45, 2.75) is 39.0 Å². The van der Waals surface area contributed by atoms with E-state index in [-0.39, 0.29) is 18.4 Å². The fourth-order valence-corrected chi connectivity index (χ4v) is 4.96. The first kappa shape index (κ1) is 22.1. The van der Waals surface area contributed by atoms with Crippen molar-refractivity contribution in [1.29, 1.82) is 0 Å². The molecule has 7 heteroatoms. The van der Waals surface area contributed by atoms with E-state index in [0.717, 1.165) is 21.7 Å². The van der Waals surface area contributed by atoms with Gasteiger partial charge < -0.3 is 10.2 Å². The zero-order valence-corrected chi connectivity index (χ0v) is 20.0. The Morgan fingerprint density at radius 1 is 1.06 bits per heavy atom. The highest BCUT2D eigenvalue weighted by Gasteiger charge is 2.48. The van der Waals surface area contributed by atoms with E-state index in [1.54, 1.807) is 20.9 Å². The Hall–Kier alpha value is -3.71. The summed E-state index contributed by atoms with van der Waals surface area (Å²) in [4.78, 5) is 30.0. The van der Waals surface area contributed by atoms with Crippen molar-refractivity contribution in [2.24, 2.45) is 0 Å². The third kappa shape index (κ3) is 4.15. The molecular weight excluding hydrogens is 444 g/mol. The number of nitrogens with one attached hydrogen (secondary N) is 1. The van der Waals surface area contributed by atoms with E-state index in [4.69, 9.17) is 5.10 Å². The molecule has 1 aliphatic heterocycles. The van der Waals surface area contributed by atoms with E-state index in [2.05, 4.69) is 5.32 Å². The number of aromatic nitrogens is 2. The first-order valence-electron chi connectivity index (χ1n) is 11.3. The number of thiophene rings is 1. The van der Waals surface area contributed by atoms with Crippen LogP contribution in [0.1, 0.15) is 34.1 Å². The van der Waals surface area contributed by atoms with Crippen LogP contribution in [0.3, 0.4) is 0 Å². The molecule has 1 atom stereocenters. The SMILES string of the molecule is Cc1ccc(CNC(=O)C2(C)Cn3nc(-c4cccs4)cc3C(=O)N2Cc2ccccc2)cc1. The molecule has 5 rings (SSSR count). The molecule has 2 aromatic carbocycles. The summed E-state index contributed by atoms with van der Waals surface area (Å²) in [5, 5.41) is 9.73. The predicted molar refractivity (Wildman–Crippen MR) is 133 cm³/mol. The highest BCUT2D eigenvalue weighted by molar-refractivity contribution is 7.13. The smallest absolute Gasteiger partial charge is 0.273 e. The van der Waals surface area contributed by atoms with Crippen LogP contribution < -0.4 is 5.32 Å². The van der Waals surface area contributed by atoms with Crippen LogP contribution in [0, 0.1) is 6.92 Å². The van der Waals surface area contributed by atoms with Gasteiger partial charge in [0, 0.05) is 13.1 Å². The molecule has 0 spiro atoms. The van der Waals surface area contributed by atoms with Crippen LogP contribution in [0.2, 0.25) is 0 Å². The lowest BCUT2D eigenvalue weighted by molar-refractivity contribution is -0.133. The summed E-state index contributed by atoms with van der Waals surface area (Å²) in [6, 6.07) is 23.6. The summed E-state index contributed by atoms with van der Waals surface area (Å²) in [6.07, 6.45) is 0. The summed E-state index contributed by atoms with van der Waals surface area (Å²) in [6.45, 7) is 4.88. The number of carbonyl (C=O) groups is 2. The van der Waals surface area contributed by atoms with Gasteiger partial charge in [-0.05, 0) is 42.5 Å².